The zero-order valence-corrected chi connectivity index (χ0v) is 13.2. The lowest BCUT2D eigenvalue weighted by molar-refractivity contribution is 0.0626. The van der Waals surface area contributed by atoms with Gasteiger partial charge < -0.3 is 15.0 Å². The molecule has 0 unspecified atom stereocenters. The van der Waals surface area contributed by atoms with Gasteiger partial charge in [0.15, 0.2) is 0 Å². The minimum absolute atomic E-state index is 0.0273. The molecule has 2 aliphatic rings. The first kappa shape index (κ1) is 15.1. The van der Waals surface area contributed by atoms with Crippen LogP contribution in [0.1, 0.15) is 22.6 Å². The van der Waals surface area contributed by atoms with Crippen LogP contribution in [0, 0.1) is 5.82 Å². The number of nitrogens with one attached hydrogen (secondary N) is 1. The van der Waals surface area contributed by atoms with Gasteiger partial charge in [-0.1, -0.05) is 6.07 Å². The third kappa shape index (κ3) is 2.87. The van der Waals surface area contributed by atoms with E-state index < -0.39 is 0 Å². The van der Waals surface area contributed by atoms with Crippen molar-refractivity contribution >= 4 is 5.91 Å². The number of rotatable bonds is 4. The molecule has 0 radical (unpaired) electrons. The molecule has 2 aliphatic heterocycles. The van der Waals surface area contributed by atoms with E-state index in [9.17, 15) is 9.18 Å². The molecule has 1 aromatic carbocycles. The third-order valence-electron chi connectivity index (χ3n) is 4.52. The van der Waals surface area contributed by atoms with E-state index in [2.05, 4.69) is 10.4 Å². The molecule has 6 nitrogen and oxygen atoms in total. The van der Waals surface area contributed by atoms with Gasteiger partial charge in [0.25, 0.3) is 5.91 Å². The second-order valence-corrected chi connectivity index (χ2v) is 6.14. The van der Waals surface area contributed by atoms with Crippen LogP contribution in [-0.2, 0) is 13.2 Å². The Morgan fingerprint density at radius 3 is 3.04 bits per heavy atom. The van der Waals surface area contributed by atoms with E-state index in [1.165, 1.54) is 12.1 Å². The van der Waals surface area contributed by atoms with Crippen LogP contribution >= 0.6 is 0 Å². The molecule has 0 bridgehead atoms. The second-order valence-electron chi connectivity index (χ2n) is 6.14. The van der Waals surface area contributed by atoms with Gasteiger partial charge in [-0.05, 0) is 31.2 Å². The maximum absolute atomic E-state index is 13.2. The molecule has 24 heavy (non-hydrogen) atoms. The average molecular weight is 330 g/mol. The minimum Gasteiger partial charge on any atom is -0.487 e. The Kier molecular flexibility index (Phi) is 3.93. The Balaban J connectivity index is 1.46. The van der Waals surface area contributed by atoms with Gasteiger partial charge in [-0.3, -0.25) is 9.48 Å². The quantitative estimate of drug-likeness (QED) is 0.921. The van der Waals surface area contributed by atoms with Crippen molar-refractivity contribution in [1.82, 2.24) is 20.0 Å². The van der Waals surface area contributed by atoms with Crippen molar-refractivity contribution in [3.8, 4) is 5.75 Å². The van der Waals surface area contributed by atoms with Gasteiger partial charge in [0, 0.05) is 25.2 Å². The summed E-state index contributed by atoms with van der Waals surface area (Å²) in [5.74, 6) is 0.137. The molecule has 2 aromatic rings. The lowest BCUT2D eigenvalue weighted by Crippen LogP contribution is -2.47. The molecule has 1 atom stereocenters. The molecule has 126 valence electrons. The first-order valence-corrected chi connectivity index (χ1v) is 8.17. The van der Waals surface area contributed by atoms with Gasteiger partial charge in [-0.2, -0.15) is 5.10 Å². The Labute approximate surface area is 139 Å². The zero-order chi connectivity index (χ0) is 16.5. The van der Waals surface area contributed by atoms with Gasteiger partial charge in [-0.25, -0.2) is 4.39 Å². The number of benzene rings is 1. The molecule has 3 heterocycles. The summed E-state index contributed by atoms with van der Waals surface area (Å²) < 4.78 is 20.5. The van der Waals surface area contributed by atoms with E-state index in [0.29, 0.717) is 30.2 Å². The van der Waals surface area contributed by atoms with E-state index in [-0.39, 0.29) is 24.4 Å². The van der Waals surface area contributed by atoms with Gasteiger partial charge in [0.05, 0.1) is 6.54 Å². The van der Waals surface area contributed by atoms with Crippen molar-refractivity contribution in [1.29, 1.82) is 0 Å². The van der Waals surface area contributed by atoms with Crippen LogP contribution in [0.2, 0.25) is 0 Å². The number of hydrogen-bond donors (Lipinski definition) is 1. The normalized spacial score (nSPS) is 20.3. The lowest BCUT2D eigenvalue weighted by atomic mass is 10.1. The summed E-state index contributed by atoms with van der Waals surface area (Å²) in [6.45, 7) is 3.40. The van der Waals surface area contributed by atoms with Crippen molar-refractivity contribution in [2.75, 3.05) is 19.6 Å². The molecular weight excluding hydrogens is 311 g/mol. The first-order chi connectivity index (χ1) is 11.7. The lowest BCUT2D eigenvalue weighted by Gasteiger charge is -2.32. The number of hydrogen-bond acceptors (Lipinski definition) is 4. The highest BCUT2D eigenvalue weighted by Crippen LogP contribution is 2.20. The topological polar surface area (TPSA) is 59.4 Å². The number of halogens is 1. The van der Waals surface area contributed by atoms with Crippen LogP contribution in [-0.4, -0.2) is 46.3 Å². The average Bonchev–Trinajstić information content (AvgIpc) is 3.23. The predicted molar refractivity (Wildman–Crippen MR) is 85.3 cm³/mol. The fourth-order valence-electron chi connectivity index (χ4n) is 3.30. The van der Waals surface area contributed by atoms with Gasteiger partial charge in [-0.15, -0.1) is 0 Å². The summed E-state index contributed by atoms with van der Waals surface area (Å²) in [5.41, 5.74) is 1.28. The number of ether oxygens (including phenoxy) is 1. The molecule has 0 saturated carbocycles. The van der Waals surface area contributed by atoms with Crippen LogP contribution in [0.25, 0.3) is 0 Å². The Morgan fingerprint density at radius 1 is 1.33 bits per heavy atom. The maximum atomic E-state index is 13.2. The number of amides is 1. The van der Waals surface area contributed by atoms with E-state index >= 15 is 0 Å². The van der Waals surface area contributed by atoms with Crippen LogP contribution in [0.3, 0.4) is 0 Å². The second kappa shape index (κ2) is 6.24. The summed E-state index contributed by atoms with van der Waals surface area (Å²) in [6, 6.07) is 8.03. The molecule has 1 saturated heterocycles. The minimum atomic E-state index is -0.340. The molecule has 1 N–H and O–H groups in total. The predicted octanol–water partition coefficient (Wildman–Crippen LogP) is 1.42. The summed E-state index contributed by atoms with van der Waals surface area (Å²) >= 11 is 0. The molecule has 1 amide bonds. The van der Waals surface area contributed by atoms with E-state index in [1.54, 1.807) is 22.9 Å². The Bertz CT molecular complexity index is 755. The van der Waals surface area contributed by atoms with E-state index in [4.69, 9.17) is 4.74 Å². The number of aromatic nitrogens is 2. The molecule has 0 spiro atoms. The van der Waals surface area contributed by atoms with Gasteiger partial charge in [0.1, 0.15) is 29.6 Å². The summed E-state index contributed by atoms with van der Waals surface area (Å²) in [7, 11) is 0. The molecular formula is C17H19FN4O2. The zero-order valence-electron chi connectivity index (χ0n) is 13.2. The van der Waals surface area contributed by atoms with Crippen molar-refractivity contribution in [3.63, 3.8) is 0 Å². The summed E-state index contributed by atoms with van der Waals surface area (Å²) in [6.07, 6.45) is 0.995. The number of fused-ring (bicyclic) bond motifs is 1. The highest BCUT2D eigenvalue weighted by atomic mass is 19.1. The highest BCUT2D eigenvalue weighted by Gasteiger charge is 2.32. The van der Waals surface area contributed by atoms with Crippen molar-refractivity contribution in [2.45, 2.75) is 25.6 Å². The van der Waals surface area contributed by atoms with Crippen molar-refractivity contribution < 1.29 is 13.9 Å². The molecule has 4 rings (SSSR count). The molecule has 0 aliphatic carbocycles. The van der Waals surface area contributed by atoms with Gasteiger partial charge >= 0.3 is 0 Å². The number of carbonyl (C=O) groups excluding carboxylic acids is 1. The van der Waals surface area contributed by atoms with Crippen LogP contribution in [0.4, 0.5) is 4.39 Å². The molecule has 7 heteroatoms. The smallest absolute Gasteiger partial charge is 0.272 e. The van der Waals surface area contributed by atoms with Crippen molar-refractivity contribution in [2.24, 2.45) is 0 Å². The Hall–Kier alpha value is -2.41. The van der Waals surface area contributed by atoms with Crippen LogP contribution < -0.4 is 10.1 Å². The fourth-order valence-corrected chi connectivity index (χ4v) is 3.30. The first-order valence-electron chi connectivity index (χ1n) is 8.17. The number of nitrogens with zero attached hydrogens (tertiary/aromatic N) is 3. The van der Waals surface area contributed by atoms with E-state index in [1.807, 2.05) is 4.90 Å². The fraction of sp³-hybridized carbons (Fsp3) is 0.412. The van der Waals surface area contributed by atoms with Crippen LogP contribution in [0.5, 0.6) is 5.75 Å². The molecule has 1 fully saturated rings. The monoisotopic (exact) mass is 330 g/mol. The van der Waals surface area contributed by atoms with Crippen LogP contribution in [0.15, 0.2) is 30.3 Å². The largest absolute Gasteiger partial charge is 0.487 e. The standard InChI is InChI=1S/C17H19FN4O2/c18-12-2-1-3-15(8-12)24-11-13-9-16-17(23)21(6-7-22(16)20-13)14-4-5-19-10-14/h1-3,8-9,14,19H,4-7,10-11H2/t14-/m0/s1. The Morgan fingerprint density at radius 2 is 2.25 bits per heavy atom. The third-order valence-corrected chi connectivity index (χ3v) is 4.52. The maximum Gasteiger partial charge on any atom is 0.272 e. The molecule has 1 aromatic heterocycles. The number of carbonyl (C=O) groups is 1. The SMILES string of the molecule is O=C1c2cc(COc3cccc(F)c3)nn2CCN1[C@H]1CCNC1. The summed E-state index contributed by atoms with van der Waals surface area (Å²) in [4.78, 5) is 14.6. The highest BCUT2D eigenvalue weighted by molar-refractivity contribution is 5.93. The summed E-state index contributed by atoms with van der Waals surface area (Å²) in [5, 5.41) is 7.73. The van der Waals surface area contributed by atoms with Crippen molar-refractivity contribution in [3.05, 3.63) is 47.5 Å². The van der Waals surface area contributed by atoms with Gasteiger partial charge in [0.2, 0.25) is 0 Å². The van der Waals surface area contributed by atoms with E-state index in [0.717, 1.165) is 19.5 Å².